The van der Waals surface area contributed by atoms with E-state index < -0.39 is 59.2 Å². The second-order valence-corrected chi connectivity index (χ2v) is 17.2. The first-order valence-corrected chi connectivity index (χ1v) is 20.4. The van der Waals surface area contributed by atoms with Gasteiger partial charge >= 0.3 is 5.97 Å². The van der Waals surface area contributed by atoms with Crippen LogP contribution in [0.1, 0.15) is 138 Å². The van der Waals surface area contributed by atoms with Crippen molar-refractivity contribution in [3.05, 3.63) is 35.9 Å². The average molecular weight is 767 g/mol. The van der Waals surface area contributed by atoms with Crippen molar-refractivity contribution < 1.29 is 38.3 Å². The van der Waals surface area contributed by atoms with E-state index in [-0.39, 0.29) is 67.0 Å². The maximum atomic E-state index is 14.4. The second kappa shape index (κ2) is 20.7. The second-order valence-electron chi connectivity index (χ2n) is 17.2. The van der Waals surface area contributed by atoms with Crippen molar-refractivity contribution in [1.82, 2.24) is 20.9 Å². The van der Waals surface area contributed by atoms with E-state index in [0.717, 1.165) is 24.8 Å². The van der Waals surface area contributed by atoms with Gasteiger partial charge in [-0.1, -0.05) is 77.8 Å². The number of nitrogens with zero attached hydrogens (tertiary/aromatic N) is 1. The molecule has 2 fully saturated rings. The first-order chi connectivity index (χ1) is 25.8. The number of unbranched alkanes of at least 4 members (excludes halogenated alkanes) is 1. The van der Waals surface area contributed by atoms with Gasteiger partial charge < -0.3 is 25.6 Å². The van der Waals surface area contributed by atoms with Crippen molar-refractivity contribution >= 4 is 41.2 Å². The van der Waals surface area contributed by atoms with Gasteiger partial charge in [-0.05, 0) is 89.0 Å². The van der Waals surface area contributed by atoms with Crippen LogP contribution in [0.25, 0.3) is 0 Å². The molecule has 12 nitrogen and oxygen atoms in total. The van der Waals surface area contributed by atoms with Gasteiger partial charge in [-0.25, -0.2) is 0 Å². The van der Waals surface area contributed by atoms with Gasteiger partial charge in [-0.2, -0.15) is 0 Å². The number of benzene rings is 1. The minimum atomic E-state index is -1.06. The first-order valence-electron chi connectivity index (χ1n) is 20.4. The molecule has 1 aromatic carbocycles. The normalized spacial score (nSPS) is 20.3. The van der Waals surface area contributed by atoms with E-state index >= 15 is 0 Å². The Labute approximate surface area is 328 Å². The fourth-order valence-corrected chi connectivity index (χ4v) is 7.85. The molecule has 1 heterocycles. The van der Waals surface area contributed by atoms with Gasteiger partial charge in [0.25, 0.3) is 5.91 Å². The van der Waals surface area contributed by atoms with E-state index in [9.17, 15) is 33.6 Å². The van der Waals surface area contributed by atoms with Crippen LogP contribution in [0.5, 0.6) is 0 Å². The lowest BCUT2D eigenvalue weighted by Crippen LogP contribution is -2.59. The van der Waals surface area contributed by atoms with Crippen LogP contribution in [-0.2, 0) is 38.3 Å². The summed E-state index contributed by atoms with van der Waals surface area (Å²) in [6.45, 7) is 16.8. The zero-order chi connectivity index (χ0) is 41.0. The quantitative estimate of drug-likeness (QED) is 0.0874. The number of ether oxygens (including phenoxy) is 1. The molecular formula is C43H66N4O8. The lowest BCUT2D eigenvalue weighted by molar-refractivity contribution is -0.155. The van der Waals surface area contributed by atoms with Crippen molar-refractivity contribution in [2.75, 3.05) is 6.54 Å². The number of likely N-dealkylation sites (tertiary alicyclic amines) is 1. The summed E-state index contributed by atoms with van der Waals surface area (Å²) >= 11 is 0. The summed E-state index contributed by atoms with van der Waals surface area (Å²) < 4.78 is 5.34. The number of Topliss-reactive ketones (excluding diaryl/α,β-unsaturated/α-hetero) is 2. The highest BCUT2D eigenvalue weighted by Gasteiger charge is 2.51. The Hall–Kier alpha value is -4.09. The third kappa shape index (κ3) is 13.3. The summed E-state index contributed by atoms with van der Waals surface area (Å²) in [7, 11) is 0. The third-order valence-electron chi connectivity index (χ3n) is 10.8. The zero-order valence-electron chi connectivity index (χ0n) is 34.6. The molecule has 0 spiro atoms. The minimum Gasteiger partial charge on any atom is -0.460 e. The lowest BCUT2D eigenvalue weighted by atomic mass is 9.88. The maximum absolute atomic E-state index is 14.4. The molecule has 1 unspecified atom stereocenters. The van der Waals surface area contributed by atoms with E-state index in [0.29, 0.717) is 25.8 Å². The average Bonchev–Trinajstić information content (AvgIpc) is 3.72. The number of nitrogens with one attached hydrogen (secondary N) is 3. The van der Waals surface area contributed by atoms with Crippen LogP contribution in [0.3, 0.4) is 0 Å². The van der Waals surface area contributed by atoms with Gasteiger partial charge in [0.15, 0.2) is 0 Å². The van der Waals surface area contributed by atoms with Crippen molar-refractivity contribution in [2.24, 2.45) is 29.6 Å². The molecule has 3 N–H and O–H groups in total. The number of carbonyl (C=O) groups excluding carboxylic acids is 7. The molecule has 0 aromatic heterocycles. The summed E-state index contributed by atoms with van der Waals surface area (Å²) in [5.74, 6) is -4.31. The van der Waals surface area contributed by atoms with Crippen LogP contribution in [0.2, 0.25) is 0 Å². The minimum absolute atomic E-state index is 0.0123. The van der Waals surface area contributed by atoms with E-state index in [2.05, 4.69) is 16.0 Å². The van der Waals surface area contributed by atoms with Crippen LogP contribution >= 0.6 is 0 Å². The number of ketones is 2. The summed E-state index contributed by atoms with van der Waals surface area (Å²) in [5, 5.41) is 8.57. The molecule has 55 heavy (non-hydrogen) atoms. The first kappa shape index (κ1) is 45.3. The fourth-order valence-electron chi connectivity index (χ4n) is 7.85. The lowest BCUT2D eigenvalue weighted by Gasteiger charge is -2.33. The van der Waals surface area contributed by atoms with Crippen molar-refractivity contribution in [3.8, 4) is 0 Å². The standard InChI is InChI=1S/C43H66N4O8/c1-10-17-34(38(50)41(53)44-28(6)29-18-12-11-13-19-29)45-40(52)37-32-22-16-20-30(32)25-47(37)42(54)36(27(4)5)46-39(51)33(26(2)3)24-31(48)21-14-15-23-35(49)55-43(7,8)9/h11-13,18-19,26-28,30,32-34,36-37H,10,14-17,20-25H2,1-9H3,(H,44,53)(H,45,52)(H,46,51)/t28-,30-,32-,33-,34?,36-,37-/m0/s1. The summed E-state index contributed by atoms with van der Waals surface area (Å²) in [5.41, 5.74) is 0.276. The Kier molecular flexibility index (Phi) is 17.1. The summed E-state index contributed by atoms with van der Waals surface area (Å²) in [4.78, 5) is 95.5. The zero-order valence-corrected chi connectivity index (χ0v) is 34.6. The number of hydrogen-bond donors (Lipinski definition) is 3. The van der Waals surface area contributed by atoms with Crippen LogP contribution < -0.4 is 16.0 Å². The highest BCUT2D eigenvalue weighted by Crippen LogP contribution is 2.43. The van der Waals surface area contributed by atoms with E-state index in [1.54, 1.807) is 32.6 Å². The fraction of sp³-hybridized carbons (Fsp3) is 0.698. The molecule has 1 aromatic rings. The molecule has 4 amide bonds. The number of amides is 4. The monoisotopic (exact) mass is 766 g/mol. The van der Waals surface area contributed by atoms with E-state index in [1.807, 2.05) is 65.0 Å². The Morgan fingerprint density at radius 3 is 2.11 bits per heavy atom. The Morgan fingerprint density at radius 2 is 1.51 bits per heavy atom. The number of fused-ring (bicyclic) bond motifs is 1. The molecule has 0 bridgehead atoms. The maximum Gasteiger partial charge on any atom is 0.306 e. The third-order valence-corrected chi connectivity index (χ3v) is 10.8. The molecule has 0 radical (unpaired) electrons. The Bertz CT molecular complexity index is 1500. The van der Waals surface area contributed by atoms with Gasteiger partial charge in [0, 0.05) is 31.7 Å². The molecule has 1 aliphatic carbocycles. The Morgan fingerprint density at radius 1 is 0.855 bits per heavy atom. The SMILES string of the molecule is CCCC(NC(=O)[C@@H]1[C@H]2CCC[C@H]2CN1C(=O)[C@@H](NC(=O)[C@@H](CC(=O)CCCCC(=O)OC(C)(C)C)C(C)C)C(C)C)C(=O)C(=O)N[C@@H](C)c1ccccc1. The molecule has 1 saturated heterocycles. The number of hydrogen-bond acceptors (Lipinski definition) is 8. The van der Waals surface area contributed by atoms with Gasteiger partial charge in [0.05, 0.1) is 12.1 Å². The van der Waals surface area contributed by atoms with Gasteiger partial charge in [0.2, 0.25) is 23.5 Å². The highest BCUT2D eigenvalue weighted by molar-refractivity contribution is 6.38. The topological polar surface area (TPSA) is 168 Å². The molecule has 1 saturated carbocycles. The van der Waals surface area contributed by atoms with Gasteiger partial charge in [-0.3, -0.25) is 33.6 Å². The largest absolute Gasteiger partial charge is 0.460 e. The highest BCUT2D eigenvalue weighted by atomic mass is 16.6. The van der Waals surface area contributed by atoms with Crippen molar-refractivity contribution in [2.45, 2.75) is 156 Å². The van der Waals surface area contributed by atoms with Crippen LogP contribution in [0, 0.1) is 29.6 Å². The van der Waals surface area contributed by atoms with Gasteiger partial charge in [0.1, 0.15) is 23.5 Å². The van der Waals surface area contributed by atoms with Crippen LogP contribution in [0.4, 0.5) is 0 Å². The summed E-state index contributed by atoms with van der Waals surface area (Å²) in [6.07, 6.45) is 4.81. The predicted molar refractivity (Wildman–Crippen MR) is 210 cm³/mol. The molecule has 3 rings (SSSR count). The molecule has 12 heteroatoms. The molecular weight excluding hydrogens is 700 g/mol. The van der Waals surface area contributed by atoms with E-state index in [1.165, 1.54) is 0 Å². The summed E-state index contributed by atoms with van der Waals surface area (Å²) in [6, 6.07) is 6.04. The number of esters is 1. The smallest absolute Gasteiger partial charge is 0.306 e. The molecule has 1 aliphatic heterocycles. The molecule has 2 aliphatic rings. The van der Waals surface area contributed by atoms with Crippen molar-refractivity contribution in [3.63, 3.8) is 0 Å². The molecule has 306 valence electrons. The molecule has 7 atom stereocenters. The van der Waals surface area contributed by atoms with Crippen LogP contribution in [0.15, 0.2) is 30.3 Å². The van der Waals surface area contributed by atoms with Crippen molar-refractivity contribution in [1.29, 1.82) is 0 Å². The number of carbonyl (C=O) groups is 7. The van der Waals surface area contributed by atoms with Gasteiger partial charge in [-0.15, -0.1) is 0 Å². The predicted octanol–water partition coefficient (Wildman–Crippen LogP) is 5.62. The van der Waals surface area contributed by atoms with Crippen LogP contribution in [-0.4, -0.2) is 76.3 Å². The Balaban J connectivity index is 1.69. The van der Waals surface area contributed by atoms with E-state index in [4.69, 9.17) is 4.74 Å². The number of rotatable bonds is 20.